The van der Waals surface area contributed by atoms with E-state index < -0.39 is 29.6 Å². The number of pyridine rings is 1. The molecule has 1 aliphatic carbocycles. The molecule has 2 atom stereocenters. The fourth-order valence-corrected chi connectivity index (χ4v) is 4.77. The van der Waals surface area contributed by atoms with E-state index in [1.54, 1.807) is 37.4 Å². The molecule has 1 aliphatic rings. The molecule has 0 saturated heterocycles. The molecule has 0 aliphatic heterocycles. The lowest BCUT2D eigenvalue weighted by atomic mass is 10.1. The number of hydrogen-bond donors (Lipinski definition) is 2. The van der Waals surface area contributed by atoms with E-state index in [0.29, 0.717) is 35.3 Å². The number of aromatic nitrogens is 4. The molecule has 0 spiro atoms. The Morgan fingerprint density at radius 3 is 2.63 bits per heavy atom. The number of nitrogens with one attached hydrogen (secondary N) is 2. The number of aryl methyl sites for hydroxylation is 2. The Balaban J connectivity index is 1.30. The van der Waals surface area contributed by atoms with Crippen molar-refractivity contribution >= 4 is 34.8 Å². The first-order valence-corrected chi connectivity index (χ1v) is 12.4. The van der Waals surface area contributed by atoms with E-state index in [1.165, 1.54) is 6.07 Å². The monoisotopic (exact) mass is 540 g/mol. The summed E-state index contributed by atoms with van der Waals surface area (Å²) in [5.74, 6) is -8.29. The normalized spacial score (nSPS) is 17.6. The van der Waals surface area contributed by atoms with Gasteiger partial charge in [0.25, 0.3) is 5.92 Å². The van der Waals surface area contributed by atoms with Crippen molar-refractivity contribution in [3.8, 4) is 22.0 Å². The lowest BCUT2D eigenvalue weighted by Gasteiger charge is -2.10. The van der Waals surface area contributed by atoms with E-state index in [2.05, 4.69) is 35.5 Å². The molecular formula is C25H22F2N6O4S. The number of rotatable bonds is 8. The second kappa shape index (κ2) is 9.89. The first-order chi connectivity index (χ1) is 18.2. The average Bonchev–Trinajstić information content (AvgIpc) is 3.26. The van der Waals surface area contributed by atoms with Crippen LogP contribution in [0.2, 0.25) is 0 Å². The molecule has 4 aromatic rings. The minimum absolute atomic E-state index is 0.236. The Labute approximate surface area is 219 Å². The third kappa shape index (κ3) is 4.72. The summed E-state index contributed by atoms with van der Waals surface area (Å²) in [6.07, 6.45) is 1.68. The van der Waals surface area contributed by atoms with Gasteiger partial charge in [-0.3, -0.25) is 9.59 Å². The van der Waals surface area contributed by atoms with Gasteiger partial charge in [0.2, 0.25) is 11.9 Å². The van der Waals surface area contributed by atoms with Crippen molar-refractivity contribution in [3.05, 3.63) is 58.9 Å². The highest BCUT2D eigenvalue weighted by Gasteiger charge is 2.76. The number of esters is 1. The van der Waals surface area contributed by atoms with Gasteiger partial charge in [0.15, 0.2) is 5.76 Å². The molecule has 0 aromatic carbocycles. The minimum atomic E-state index is -3.45. The maximum absolute atomic E-state index is 14.0. The van der Waals surface area contributed by atoms with Crippen molar-refractivity contribution in [2.75, 3.05) is 17.7 Å². The summed E-state index contributed by atoms with van der Waals surface area (Å²) in [6.45, 7) is 3.72. The number of nitrogens with zero attached hydrogens (tertiary/aromatic N) is 4. The van der Waals surface area contributed by atoms with Crippen LogP contribution < -0.4 is 10.6 Å². The molecule has 196 valence electrons. The zero-order chi connectivity index (χ0) is 27.0. The van der Waals surface area contributed by atoms with E-state index >= 15 is 0 Å². The fourth-order valence-electron chi connectivity index (χ4n) is 4.07. The van der Waals surface area contributed by atoms with Crippen LogP contribution in [-0.4, -0.2) is 45.0 Å². The highest BCUT2D eigenvalue weighted by atomic mass is 32.1. The lowest BCUT2D eigenvalue weighted by Crippen LogP contribution is -2.19. The number of amides is 1. The van der Waals surface area contributed by atoms with Gasteiger partial charge in [0.1, 0.15) is 17.5 Å². The molecule has 2 N–H and O–H groups in total. The summed E-state index contributed by atoms with van der Waals surface area (Å²) in [4.78, 5) is 38.3. The molecule has 0 bridgehead atoms. The highest BCUT2D eigenvalue weighted by molar-refractivity contribution is 7.13. The van der Waals surface area contributed by atoms with Crippen molar-refractivity contribution in [1.82, 2.24) is 20.1 Å². The summed E-state index contributed by atoms with van der Waals surface area (Å²) < 4.78 is 37.8. The van der Waals surface area contributed by atoms with Gasteiger partial charge < -0.3 is 19.9 Å². The smallest absolute Gasteiger partial charge is 0.315 e. The first kappa shape index (κ1) is 25.4. The molecule has 38 heavy (non-hydrogen) atoms. The van der Waals surface area contributed by atoms with Gasteiger partial charge in [-0.15, -0.1) is 11.3 Å². The van der Waals surface area contributed by atoms with E-state index in [0.717, 1.165) is 23.2 Å². The molecular weight excluding hydrogens is 518 g/mol. The molecule has 0 unspecified atom stereocenters. The molecule has 0 radical (unpaired) electrons. The third-order valence-electron chi connectivity index (χ3n) is 6.20. The summed E-state index contributed by atoms with van der Waals surface area (Å²) in [5.41, 5.74) is 3.22. The number of halogens is 2. The lowest BCUT2D eigenvalue weighted by molar-refractivity contribution is -0.144. The molecule has 5 rings (SSSR count). The van der Waals surface area contributed by atoms with Crippen LogP contribution in [0.1, 0.15) is 17.0 Å². The number of ether oxygens (including phenoxy) is 1. The third-order valence-corrected chi connectivity index (χ3v) is 7.10. The number of methoxy groups -OCH3 is 1. The fraction of sp³-hybridized carbons (Fsp3) is 0.280. The van der Waals surface area contributed by atoms with Gasteiger partial charge in [-0.25, -0.2) is 23.7 Å². The van der Waals surface area contributed by atoms with E-state index in [1.807, 2.05) is 23.6 Å². The number of carbonyl (C=O) groups excluding carboxylic acids is 2. The highest BCUT2D eigenvalue weighted by Crippen LogP contribution is 2.56. The molecule has 1 saturated carbocycles. The average molecular weight is 541 g/mol. The predicted octanol–water partition coefficient (Wildman–Crippen LogP) is 4.48. The topological polar surface area (TPSA) is 132 Å². The molecule has 13 heteroatoms. The van der Waals surface area contributed by atoms with Crippen LogP contribution in [0, 0.1) is 25.7 Å². The molecule has 4 heterocycles. The van der Waals surface area contributed by atoms with Crippen molar-refractivity contribution in [3.63, 3.8) is 0 Å². The second-order valence-electron chi connectivity index (χ2n) is 8.64. The molecule has 10 nitrogen and oxygen atoms in total. The van der Waals surface area contributed by atoms with Crippen LogP contribution in [0.25, 0.3) is 22.0 Å². The van der Waals surface area contributed by atoms with E-state index in [9.17, 15) is 18.4 Å². The van der Waals surface area contributed by atoms with Gasteiger partial charge in [0, 0.05) is 18.3 Å². The van der Waals surface area contributed by atoms with Crippen molar-refractivity contribution in [1.29, 1.82) is 0 Å². The van der Waals surface area contributed by atoms with Gasteiger partial charge >= 0.3 is 5.97 Å². The second-order valence-corrected chi connectivity index (χ2v) is 9.59. The molecule has 1 amide bonds. The minimum Gasteiger partial charge on any atom is -0.469 e. The van der Waals surface area contributed by atoms with Crippen LogP contribution in [0.3, 0.4) is 0 Å². The largest absolute Gasteiger partial charge is 0.469 e. The van der Waals surface area contributed by atoms with Crippen LogP contribution >= 0.6 is 11.3 Å². The Morgan fingerprint density at radius 1 is 1.11 bits per heavy atom. The number of thiophene rings is 1. The molecule has 4 aromatic heterocycles. The van der Waals surface area contributed by atoms with Crippen LogP contribution in [-0.2, 0) is 20.9 Å². The zero-order valence-electron chi connectivity index (χ0n) is 20.5. The van der Waals surface area contributed by atoms with Crippen molar-refractivity contribution < 1.29 is 27.6 Å². The van der Waals surface area contributed by atoms with Gasteiger partial charge in [-0.05, 0) is 43.5 Å². The summed E-state index contributed by atoms with van der Waals surface area (Å²) in [7, 11) is 1.00. The first-order valence-electron chi connectivity index (χ1n) is 11.5. The van der Waals surface area contributed by atoms with E-state index in [-0.39, 0.29) is 5.69 Å². The standard InChI is InChI=1S/C25H22F2N6O4S/c1-12-14(11-29-24-28-9-8-16(32-24)18-5-4-10-38-18)21(37-33-12)17-7-6-15(13(2)30-17)31-22(34)19-20(23(35)36-3)25(19,26)27/h4-10,19-20H,11H2,1-3H3,(H,31,34)(H,28,29,32)/t19-,20-/m0/s1. The van der Waals surface area contributed by atoms with Gasteiger partial charge in [-0.2, -0.15) is 0 Å². The number of hydrogen-bond acceptors (Lipinski definition) is 10. The maximum atomic E-state index is 14.0. The Morgan fingerprint density at radius 2 is 1.92 bits per heavy atom. The SMILES string of the molecule is COC(=O)[C@@H]1[C@@H](C(=O)Nc2ccc(-c3onc(C)c3CNc3nccc(-c4cccs4)n3)nc2C)C1(F)F. The Kier molecular flexibility index (Phi) is 6.61. The summed E-state index contributed by atoms with van der Waals surface area (Å²) in [6, 6.07) is 8.88. The zero-order valence-corrected chi connectivity index (χ0v) is 21.3. The van der Waals surface area contributed by atoms with Crippen molar-refractivity contribution in [2.24, 2.45) is 11.8 Å². The molecule has 1 fully saturated rings. The van der Waals surface area contributed by atoms with Crippen LogP contribution in [0.5, 0.6) is 0 Å². The number of anilines is 2. The summed E-state index contributed by atoms with van der Waals surface area (Å²) >= 11 is 1.58. The Hall–Kier alpha value is -4.26. The number of carbonyl (C=O) groups is 2. The van der Waals surface area contributed by atoms with Gasteiger partial charge in [-0.1, -0.05) is 11.2 Å². The number of alkyl halides is 2. The van der Waals surface area contributed by atoms with Crippen molar-refractivity contribution in [2.45, 2.75) is 26.3 Å². The summed E-state index contributed by atoms with van der Waals surface area (Å²) in [5, 5.41) is 11.7. The van der Waals surface area contributed by atoms with Crippen LogP contribution in [0.4, 0.5) is 20.4 Å². The maximum Gasteiger partial charge on any atom is 0.315 e. The quantitative estimate of drug-likeness (QED) is 0.311. The van der Waals surface area contributed by atoms with E-state index in [4.69, 9.17) is 4.52 Å². The predicted molar refractivity (Wildman–Crippen MR) is 134 cm³/mol. The Bertz CT molecular complexity index is 1510. The van der Waals surface area contributed by atoms with Crippen LogP contribution in [0.15, 0.2) is 46.4 Å². The van der Waals surface area contributed by atoms with Gasteiger partial charge in [0.05, 0.1) is 34.8 Å².